The van der Waals surface area contributed by atoms with E-state index in [1.807, 2.05) is 32.9 Å². The molecule has 3 rings (SSSR count). The summed E-state index contributed by atoms with van der Waals surface area (Å²) in [4.78, 5) is 13.0. The first-order valence-electron chi connectivity index (χ1n) is 9.80. The SMILES string of the molecule is COc1ccc2c(c1)C(NC(=O)CN(c1ccc(Br)c(C)c1)S(C)(=O)=O)CC(C)(C)O2. The summed E-state index contributed by atoms with van der Waals surface area (Å²) in [6, 6.07) is 10.3. The largest absolute Gasteiger partial charge is 0.497 e. The van der Waals surface area contributed by atoms with E-state index in [9.17, 15) is 13.2 Å². The average molecular weight is 511 g/mol. The normalized spacial score (nSPS) is 17.3. The van der Waals surface area contributed by atoms with Crippen LogP contribution >= 0.6 is 15.9 Å². The molecule has 0 fully saturated rings. The van der Waals surface area contributed by atoms with Crippen LogP contribution in [0.25, 0.3) is 0 Å². The zero-order valence-corrected chi connectivity index (χ0v) is 20.6. The highest BCUT2D eigenvalue weighted by atomic mass is 79.9. The smallest absolute Gasteiger partial charge is 0.241 e. The standard InChI is InChI=1S/C22H27BrN2O5S/c1-14-10-15(6-8-18(14)23)25(31(5,27)28)13-21(26)24-19-12-22(2,3)30-20-9-7-16(29-4)11-17(19)20/h6-11,19H,12-13H2,1-5H3,(H,24,26). The van der Waals surface area contributed by atoms with Crippen LogP contribution in [0.15, 0.2) is 40.9 Å². The van der Waals surface area contributed by atoms with Gasteiger partial charge in [0.05, 0.1) is 25.1 Å². The van der Waals surface area contributed by atoms with Gasteiger partial charge in [-0.15, -0.1) is 0 Å². The van der Waals surface area contributed by atoms with Gasteiger partial charge >= 0.3 is 0 Å². The Labute approximate surface area is 191 Å². The number of sulfonamides is 1. The fourth-order valence-corrected chi connectivity index (χ4v) is 4.74. The van der Waals surface area contributed by atoms with Crippen molar-refractivity contribution in [2.45, 2.75) is 38.8 Å². The van der Waals surface area contributed by atoms with Crippen molar-refractivity contribution in [3.63, 3.8) is 0 Å². The predicted octanol–water partition coefficient (Wildman–Crippen LogP) is 3.95. The summed E-state index contributed by atoms with van der Waals surface area (Å²) in [5.41, 5.74) is 1.63. The molecule has 0 saturated carbocycles. The lowest BCUT2D eigenvalue weighted by Crippen LogP contribution is -2.45. The molecule has 1 amide bonds. The third-order valence-corrected chi connectivity index (χ3v) is 7.16. The number of nitrogens with zero attached hydrogens (tertiary/aromatic N) is 1. The molecule has 31 heavy (non-hydrogen) atoms. The molecule has 7 nitrogen and oxygen atoms in total. The Morgan fingerprint density at radius 2 is 2.00 bits per heavy atom. The van der Waals surface area contributed by atoms with Crippen LogP contribution in [0.5, 0.6) is 11.5 Å². The third kappa shape index (κ3) is 5.51. The van der Waals surface area contributed by atoms with Gasteiger partial charge in [-0.05, 0) is 62.7 Å². The van der Waals surface area contributed by atoms with Gasteiger partial charge in [0.1, 0.15) is 23.6 Å². The first-order valence-corrected chi connectivity index (χ1v) is 12.4. The number of amides is 1. The Hall–Kier alpha value is -2.26. The van der Waals surface area contributed by atoms with Crippen LogP contribution in [0.3, 0.4) is 0 Å². The number of hydrogen-bond donors (Lipinski definition) is 1. The van der Waals surface area contributed by atoms with Gasteiger partial charge < -0.3 is 14.8 Å². The molecule has 9 heteroatoms. The van der Waals surface area contributed by atoms with E-state index in [2.05, 4.69) is 21.2 Å². The molecule has 1 atom stereocenters. The number of halogens is 1. The zero-order chi connectivity index (χ0) is 23.0. The van der Waals surface area contributed by atoms with Crippen molar-refractivity contribution in [2.24, 2.45) is 0 Å². The number of rotatable bonds is 6. The van der Waals surface area contributed by atoms with Gasteiger partial charge in [-0.3, -0.25) is 9.10 Å². The van der Waals surface area contributed by atoms with Crippen LogP contribution in [-0.4, -0.2) is 39.8 Å². The second kappa shape index (κ2) is 8.70. The Morgan fingerprint density at radius 3 is 2.61 bits per heavy atom. The Morgan fingerprint density at radius 1 is 1.29 bits per heavy atom. The minimum absolute atomic E-state index is 0.322. The van der Waals surface area contributed by atoms with E-state index < -0.39 is 21.5 Å². The minimum Gasteiger partial charge on any atom is -0.497 e. The lowest BCUT2D eigenvalue weighted by Gasteiger charge is -2.38. The average Bonchev–Trinajstić information content (AvgIpc) is 2.66. The number of benzene rings is 2. The molecule has 1 aliphatic heterocycles. The molecule has 168 valence electrons. The fraction of sp³-hybridized carbons (Fsp3) is 0.409. The van der Waals surface area contributed by atoms with Gasteiger partial charge in [0.15, 0.2) is 0 Å². The van der Waals surface area contributed by atoms with Crippen molar-refractivity contribution in [1.82, 2.24) is 5.32 Å². The van der Waals surface area contributed by atoms with Crippen molar-refractivity contribution in [3.8, 4) is 11.5 Å². The summed E-state index contributed by atoms with van der Waals surface area (Å²) >= 11 is 3.41. The monoisotopic (exact) mass is 510 g/mol. The maximum atomic E-state index is 13.0. The van der Waals surface area contributed by atoms with Crippen LogP contribution in [0.1, 0.15) is 37.4 Å². The highest BCUT2D eigenvalue weighted by molar-refractivity contribution is 9.10. The number of fused-ring (bicyclic) bond motifs is 1. The Kier molecular flexibility index (Phi) is 6.57. The third-order valence-electron chi connectivity index (χ3n) is 5.13. The Balaban J connectivity index is 1.86. The van der Waals surface area contributed by atoms with Crippen molar-refractivity contribution in [1.29, 1.82) is 0 Å². The number of carbonyl (C=O) groups excluding carboxylic acids is 1. The molecule has 1 heterocycles. The van der Waals surface area contributed by atoms with Crippen LogP contribution in [0, 0.1) is 6.92 Å². The van der Waals surface area contributed by atoms with E-state index in [-0.39, 0.29) is 12.6 Å². The summed E-state index contributed by atoms with van der Waals surface area (Å²) in [6.45, 7) is 5.44. The molecule has 2 aromatic carbocycles. The molecular formula is C22H27BrN2O5S. The number of aryl methyl sites for hydroxylation is 1. The maximum Gasteiger partial charge on any atom is 0.241 e. The van der Waals surface area contributed by atoms with Gasteiger partial charge in [-0.2, -0.15) is 0 Å². The molecule has 0 spiro atoms. The summed E-state index contributed by atoms with van der Waals surface area (Å²) in [7, 11) is -2.09. The number of methoxy groups -OCH3 is 1. The molecule has 1 unspecified atom stereocenters. The van der Waals surface area contributed by atoms with E-state index in [0.29, 0.717) is 23.6 Å². The van der Waals surface area contributed by atoms with E-state index in [1.54, 1.807) is 31.4 Å². The first-order chi connectivity index (χ1) is 14.4. The molecular weight excluding hydrogens is 484 g/mol. The van der Waals surface area contributed by atoms with Crippen LogP contribution < -0.4 is 19.1 Å². The molecule has 2 aromatic rings. The summed E-state index contributed by atoms with van der Waals surface area (Å²) in [6.07, 6.45) is 1.63. The van der Waals surface area contributed by atoms with Crippen molar-refractivity contribution < 1.29 is 22.7 Å². The van der Waals surface area contributed by atoms with Crippen LogP contribution in [0.2, 0.25) is 0 Å². The number of ether oxygens (including phenoxy) is 2. The lowest BCUT2D eigenvalue weighted by atomic mass is 9.89. The van der Waals surface area contributed by atoms with Gasteiger partial charge in [0.2, 0.25) is 15.9 Å². The van der Waals surface area contributed by atoms with E-state index in [4.69, 9.17) is 9.47 Å². The van der Waals surface area contributed by atoms with Gasteiger partial charge in [-0.1, -0.05) is 15.9 Å². The second-order valence-corrected chi connectivity index (χ2v) is 11.1. The predicted molar refractivity (Wildman–Crippen MR) is 124 cm³/mol. The molecule has 1 aliphatic rings. The highest BCUT2D eigenvalue weighted by Crippen LogP contribution is 2.41. The highest BCUT2D eigenvalue weighted by Gasteiger charge is 2.35. The lowest BCUT2D eigenvalue weighted by molar-refractivity contribution is -0.120. The van der Waals surface area contributed by atoms with Crippen LogP contribution in [-0.2, 0) is 14.8 Å². The van der Waals surface area contributed by atoms with E-state index in [1.165, 1.54) is 0 Å². The van der Waals surface area contributed by atoms with E-state index >= 15 is 0 Å². The molecule has 0 saturated heterocycles. The number of nitrogens with one attached hydrogen (secondary N) is 1. The molecule has 0 aromatic heterocycles. The van der Waals surface area contributed by atoms with Gasteiger partial charge in [0.25, 0.3) is 0 Å². The quantitative estimate of drug-likeness (QED) is 0.635. The second-order valence-electron chi connectivity index (χ2n) is 8.29. The summed E-state index contributed by atoms with van der Waals surface area (Å²) < 4.78 is 38.2. The fourth-order valence-electron chi connectivity index (χ4n) is 3.64. The maximum absolute atomic E-state index is 13.0. The molecule has 0 bridgehead atoms. The number of hydrogen-bond acceptors (Lipinski definition) is 5. The zero-order valence-electron chi connectivity index (χ0n) is 18.2. The van der Waals surface area contributed by atoms with Gasteiger partial charge in [-0.25, -0.2) is 8.42 Å². The topological polar surface area (TPSA) is 84.9 Å². The number of anilines is 1. The van der Waals surface area contributed by atoms with Crippen molar-refractivity contribution >= 4 is 37.5 Å². The summed E-state index contributed by atoms with van der Waals surface area (Å²) in [5.74, 6) is 0.928. The van der Waals surface area contributed by atoms with Crippen molar-refractivity contribution in [2.75, 3.05) is 24.2 Å². The minimum atomic E-state index is -3.66. The Bertz CT molecular complexity index is 1100. The van der Waals surface area contributed by atoms with Gasteiger partial charge in [0, 0.05) is 16.5 Å². The molecule has 1 N–H and O–H groups in total. The molecule has 0 radical (unpaired) electrons. The van der Waals surface area contributed by atoms with Crippen molar-refractivity contribution in [3.05, 3.63) is 52.0 Å². The van der Waals surface area contributed by atoms with E-state index in [0.717, 1.165) is 26.2 Å². The summed E-state index contributed by atoms with van der Waals surface area (Å²) in [5, 5.41) is 2.99. The van der Waals surface area contributed by atoms with Crippen LogP contribution in [0.4, 0.5) is 5.69 Å². The number of carbonyl (C=O) groups is 1. The first kappa shape index (κ1) is 23.4. The molecule has 0 aliphatic carbocycles.